The predicted molar refractivity (Wildman–Crippen MR) is 116 cm³/mol. The van der Waals surface area contributed by atoms with Gasteiger partial charge in [-0.05, 0) is 22.4 Å². The van der Waals surface area contributed by atoms with Crippen LogP contribution in [-0.4, -0.2) is 41.9 Å². The van der Waals surface area contributed by atoms with Crippen molar-refractivity contribution in [3.63, 3.8) is 0 Å². The van der Waals surface area contributed by atoms with Crippen LogP contribution in [0.4, 0.5) is 0 Å². The van der Waals surface area contributed by atoms with Gasteiger partial charge in [0.2, 0.25) is 0 Å². The molecule has 5 nitrogen and oxygen atoms in total. The Balaban J connectivity index is 0.00000140. The van der Waals surface area contributed by atoms with Crippen LogP contribution < -0.4 is 5.73 Å². The number of rotatable bonds is 4. The van der Waals surface area contributed by atoms with Gasteiger partial charge in [0, 0.05) is 32.7 Å². The van der Waals surface area contributed by atoms with Crippen molar-refractivity contribution < 1.29 is 9.21 Å². The van der Waals surface area contributed by atoms with Gasteiger partial charge in [0.15, 0.2) is 0 Å². The van der Waals surface area contributed by atoms with Crippen molar-refractivity contribution in [1.82, 2.24) is 9.80 Å². The summed E-state index contributed by atoms with van der Waals surface area (Å²) in [4.78, 5) is 16.9. The van der Waals surface area contributed by atoms with Crippen LogP contribution in [0.5, 0.6) is 0 Å². The molecule has 0 radical (unpaired) electrons. The highest BCUT2D eigenvalue weighted by atomic mass is 35.5. The molecule has 150 valence electrons. The highest BCUT2D eigenvalue weighted by Gasteiger charge is 2.23. The molecule has 1 saturated heterocycles. The van der Waals surface area contributed by atoms with Crippen molar-refractivity contribution in [3.05, 3.63) is 71.7 Å². The smallest absolute Gasteiger partial charge is 0.257 e. The third-order valence-electron chi connectivity index (χ3n) is 5.04. The first-order chi connectivity index (χ1) is 12.7. The van der Waals surface area contributed by atoms with Crippen LogP contribution in [0.3, 0.4) is 0 Å². The first-order valence-corrected chi connectivity index (χ1v) is 9.00. The van der Waals surface area contributed by atoms with Gasteiger partial charge in [-0.25, -0.2) is 0 Å². The minimum Gasteiger partial charge on any atom is -0.467 e. The molecular formula is C21H25Cl2N3O2. The van der Waals surface area contributed by atoms with E-state index in [0.29, 0.717) is 17.9 Å². The summed E-state index contributed by atoms with van der Waals surface area (Å²) < 4.78 is 5.28. The number of furan rings is 1. The molecule has 2 N–H and O–H groups in total. The normalized spacial score (nSPS) is 14.4. The molecule has 0 aliphatic carbocycles. The molecule has 0 saturated carbocycles. The standard InChI is InChI=1S/C21H23N3O2.2ClH/c22-13-19-12-18(15-26-19)21(25)24-10-8-23(9-11-24)14-17-6-3-5-16-4-1-2-7-20(16)17;;/h1-7,12,15H,8-11,13-14,22H2;2*1H. The molecule has 2 aromatic carbocycles. The number of benzene rings is 2. The summed E-state index contributed by atoms with van der Waals surface area (Å²) in [6.45, 7) is 4.42. The zero-order chi connectivity index (χ0) is 17.9. The quantitative estimate of drug-likeness (QED) is 0.697. The first-order valence-electron chi connectivity index (χ1n) is 9.00. The minimum atomic E-state index is 0. The topological polar surface area (TPSA) is 62.7 Å². The molecule has 0 atom stereocenters. The first kappa shape index (κ1) is 22.2. The van der Waals surface area contributed by atoms with Crippen LogP contribution >= 0.6 is 24.8 Å². The van der Waals surface area contributed by atoms with Crippen molar-refractivity contribution >= 4 is 41.5 Å². The van der Waals surface area contributed by atoms with E-state index in [2.05, 4.69) is 47.4 Å². The number of carbonyl (C=O) groups excluding carboxylic acids is 1. The van der Waals surface area contributed by atoms with E-state index < -0.39 is 0 Å². The van der Waals surface area contributed by atoms with Crippen LogP contribution in [0.25, 0.3) is 10.8 Å². The van der Waals surface area contributed by atoms with Gasteiger partial charge >= 0.3 is 0 Å². The molecular weight excluding hydrogens is 397 g/mol. The lowest BCUT2D eigenvalue weighted by Gasteiger charge is -2.34. The fourth-order valence-corrected chi connectivity index (χ4v) is 3.56. The summed E-state index contributed by atoms with van der Waals surface area (Å²) in [5.74, 6) is 0.668. The Labute approximate surface area is 177 Å². The van der Waals surface area contributed by atoms with Gasteiger partial charge in [0.25, 0.3) is 5.91 Å². The molecule has 2 heterocycles. The van der Waals surface area contributed by atoms with Crippen LogP contribution in [0, 0.1) is 0 Å². The molecule has 28 heavy (non-hydrogen) atoms. The molecule has 1 aromatic heterocycles. The van der Waals surface area contributed by atoms with Crippen molar-refractivity contribution in [2.75, 3.05) is 26.2 Å². The van der Waals surface area contributed by atoms with Gasteiger partial charge in [-0.15, -0.1) is 24.8 Å². The lowest BCUT2D eigenvalue weighted by atomic mass is 10.0. The lowest BCUT2D eigenvalue weighted by molar-refractivity contribution is 0.0628. The Morgan fingerprint density at radius 1 is 1.00 bits per heavy atom. The second-order valence-corrected chi connectivity index (χ2v) is 6.71. The third kappa shape index (κ3) is 4.67. The minimum absolute atomic E-state index is 0. The van der Waals surface area contributed by atoms with Gasteiger partial charge in [-0.1, -0.05) is 42.5 Å². The summed E-state index contributed by atoms with van der Waals surface area (Å²) in [6.07, 6.45) is 1.51. The summed E-state index contributed by atoms with van der Waals surface area (Å²) >= 11 is 0. The Hall–Kier alpha value is -2.05. The van der Waals surface area contributed by atoms with Crippen molar-refractivity contribution in [3.8, 4) is 0 Å². The maximum absolute atomic E-state index is 12.6. The maximum atomic E-state index is 12.6. The van der Waals surface area contributed by atoms with E-state index in [-0.39, 0.29) is 30.7 Å². The molecule has 1 aliphatic rings. The molecule has 0 bridgehead atoms. The summed E-state index contributed by atoms with van der Waals surface area (Å²) in [5.41, 5.74) is 7.48. The van der Waals surface area contributed by atoms with E-state index in [4.69, 9.17) is 10.2 Å². The Bertz CT molecular complexity index is 915. The Morgan fingerprint density at radius 3 is 2.43 bits per heavy atom. The molecule has 4 rings (SSSR count). The number of hydrogen-bond acceptors (Lipinski definition) is 4. The zero-order valence-electron chi connectivity index (χ0n) is 15.5. The number of amides is 1. The molecule has 1 amide bonds. The van der Waals surface area contributed by atoms with E-state index in [1.54, 1.807) is 6.07 Å². The molecule has 1 aliphatic heterocycles. The average molecular weight is 422 g/mol. The fourth-order valence-electron chi connectivity index (χ4n) is 3.56. The monoisotopic (exact) mass is 421 g/mol. The average Bonchev–Trinajstić information content (AvgIpc) is 3.18. The molecule has 0 spiro atoms. The highest BCUT2D eigenvalue weighted by molar-refractivity contribution is 5.94. The number of hydrogen-bond donors (Lipinski definition) is 1. The van der Waals surface area contributed by atoms with E-state index in [1.165, 1.54) is 22.6 Å². The number of fused-ring (bicyclic) bond motifs is 1. The van der Waals surface area contributed by atoms with Crippen LogP contribution in [0.1, 0.15) is 21.7 Å². The third-order valence-corrected chi connectivity index (χ3v) is 5.04. The molecule has 0 unspecified atom stereocenters. The van der Waals surface area contributed by atoms with Gasteiger partial charge < -0.3 is 15.1 Å². The van der Waals surface area contributed by atoms with Crippen LogP contribution in [0.2, 0.25) is 0 Å². The van der Waals surface area contributed by atoms with E-state index in [0.717, 1.165) is 32.7 Å². The Morgan fingerprint density at radius 2 is 1.71 bits per heavy atom. The van der Waals surface area contributed by atoms with E-state index in [1.807, 2.05) is 4.90 Å². The Kier molecular flexibility index (Phi) is 7.89. The van der Waals surface area contributed by atoms with Crippen molar-refractivity contribution in [2.45, 2.75) is 13.1 Å². The summed E-state index contributed by atoms with van der Waals surface area (Å²) in [6, 6.07) is 16.7. The van der Waals surface area contributed by atoms with Crippen molar-refractivity contribution in [1.29, 1.82) is 0 Å². The summed E-state index contributed by atoms with van der Waals surface area (Å²) in [5, 5.41) is 2.58. The lowest BCUT2D eigenvalue weighted by Crippen LogP contribution is -2.48. The number of piperazine rings is 1. The van der Waals surface area contributed by atoms with E-state index in [9.17, 15) is 4.79 Å². The van der Waals surface area contributed by atoms with Gasteiger partial charge in [0.1, 0.15) is 12.0 Å². The van der Waals surface area contributed by atoms with Crippen LogP contribution in [0.15, 0.2) is 59.2 Å². The zero-order valence-corrected chi connectivity index (χ0v) is 17.2. The SMILES string of the molecule is Cl.Cl.NCc1cc(C(=O)N2CCN(Cc3cccc4ccccc34)CC2)co1. The fraction of sp³-hybridized carbons (Fsp3) is 0.286. The van der Waals surface area contributed by atoms with E-state index >= 15 is 0 Å². The van der Waals surface area contributed by atoms with Gasteiger partial charge in [-0.2, -0.15) is 0 Å². The maximum Gasteiger partial charge on any atom is 0.257 e. The number of nitrogens with two attached hydrogens (primary N) is 1. The van der Waals surface area contributed by atoms with Gasteiger partial charge in [-0.3, -0.25) is 9.69 Å². The number of nitrogens with zero attached hydrogens (tertiary/aromatic N) is 2. The molecule has 1 fully saturated rings. The number of halogens is 2. The predicted octanol–water partition coefficient (Wildman–Crippen LogP) is 3.69. The molecule has 7 heteroatoms. The number of carbonyl (C=O) groups is 1. The largest absolute Gasteiger partial charge is 0.467 e. The van der Waals surface area contributed by atoms with Gasteiger partial charge in [0.05, 0.1) is 12.1 Å². The summed E-state index contributed by atoms with van der Waals surface area (Å²) in [7, 11) is 0. The second-order valence-electron chi connectivity index (χ2n) is 6.71. The highest BCUT2D eigenvalue weighted by Crippen LogP contribution is 2.21. The molecule has 3 aromatic rings. The van der Waals surface area contributed by atoms with Crippen LogP contribution in [-0.2, 0) is 13.1 Å². The second kappa shape index (κ2) is 9.94. The van der Waals surface area contributed by atoms with Crippen molar-refractivity contribution in [2.24, 2.45) is 5.73 Å².